The molecule has 1 saturated heterocycles. The van der Waals surface area contributed by atoms with Crippen LogP contribution < -0.4 is 10.2 Å². The molecule has 0 atom stereocenters. The summed E-state index contributed by atoms with van der Waals surface area (Å²) in [6.07, 6.45) is 1.65. The van der Waals surface area contributed by atoms with E-state index in [1.165, 1.54) is 6.07 Å². The average Bonchev–Trinajstić information content (AvgIpc) is 2.75. The van der Waals surface area contributed by atoms with E-state index in [-0.39, 0.29) is 18.7 Å². The van der Waals surface area contributed by atoms with Gasteiger partial charge in [-0.25, -0.2) is 17.8 Å². The topological polar surface area (TPSA) is 91.8 Å². The number of halogens is 1. The Morgan fingerprint density at radius 2 is 1.90 bits per heavy atom. The van der Waals surface area contributed by atoms with Crippen molar-refractivity contribution in [2.75, 3.05) is 49.6 Å². The lowest BCUT2D eigenvalue weighted by Gasteiger charge is -2.28. The van der Waals surface area contributed by atoms with Crippen LogP contribution in [-0.2, 0) is 14.8 Å². The molecule has 1 N–H and O–H groups in total. The highest BCUT2D eigenvalue weighted by Gasteiger charge is 2.26. The van der Waals surface area contributed by atoms with Gasteiger partial charge in [0.1, 0.15) is 16.5 Å². The molecule has 0 saturated carbocycles. The van der Waals surface area contributed by atoms with Crippen molar-refractivity contribution in [2.24, 2.45) is 0 Å². The number of carbonyl (C=O) groups is 1. The maximum absolute atomic E-state index is 14.2. The molecular weight excluding hydrogens is 411 g/mol. The maximum atomic E-state index is 14.2. The van der Waals surface area contributed by atoms with Gasteiger partial charge in [-0.3, -0.25) is 4.79 Å². The highest BCUT2D eigenvalue weighted by Crippen LogP contribution is 2.22. The van der Waals surface area contributed by atoms with Crippen molar-refractivity contribution in [3.63, 3.8) is 0 Å². The molecule has 10 heteroatoms. The van der Waals surface area contributed by atoms with Gasteiger partial charge in [-0.1, -0.05) is 13.8 Å². The summed E-state index contributed by atoms with van der Waals surface area (Å²) in [6.45, 7) is 6.59. The Balaban J connectivity index is 1.77. The lowest BCUT2D eigenvalue weighted by molar-refractivity contribution is 0.102. The van der Waals surface area contributed by atoms with Crippen LogP contribution in [0.3, 0.4) is 0 Å². The smallest absolute Gasteiger partial charge is 0.256 e. The van der Waals surface area contributed by atoms with Crippen LogP contribution in [0.25, 0.3) is 0 Å². The summed E-state index contributed by atoms with van der Waals surface area (Å²) in [4.78, 5) is 18.5. The lowest BCUT2D eigenvalue weighted by Crippen LogP contribution is -2.36. The molecule has 1 aromatic heterocycles. The number of nitrogens with zero attached hydrogens (tertiary/aromatic N) is 3. The second-order valence-corrected chi connectivity index (χ2v) is 8.60. The van der Waals surface area contributed by atoms with E-state index in [1.807, 2.05) is 6.07 Å². The van der Waals surface area contributed by atoms with E-state index in [0.717, 1.165) is 35.2 Å². The fourth-order valence-corrected chi connectivity index (χ4v) is 4.75. The van der Waals surface area contributed by atoms with Crippen molar-refractivity contribution in [2.45, 2.75) is 18.7 Å². The second kappa shape index (κ2) is 9.50. The highest BCUT2D eigenvalue weighted by molar-refractivity contribution is 7.89. The molecule has 0 unspecified atom stereocenters. The zero-order valence-electron chi connectivity index (χ0n) is 17.0. The molecule has 30 heavy (non-hydrogen) atoms. The molecule has 0 radical (unpaired) electrons. The Kier molecular flexibility index (Phi) is 7.01. The minimum atomic E-state index is -4.03. The third-order valence-corrected chi connectivity index (χ3v) is 6.95. The summed E-state index contributed by atoms with van der Waals surface area (Å²) < 4.78 is 46.0. The van der Waals surface area contributed by atoms with Gasteiger partial charge in [-0.05, 0) is 30.3 Å². The second-order valence-electron chi connectivity index (χ2n) is 6.69. The minimum Gasteiger partial charge on any atom is -0.378 e. The number of ether oxygens (including phenoxy) is 1. The molecule has 2 aromatic rings. The summed E-state index contributed by atoms with van der Waals surface area (Å²) in [5.41, 5.74) is 0.951. The van der Waals surface area contributed by atoms with Crippen LogP contribution in [0.15, 0.2) is 41.4 Å². The summed E-state index contributed by atoms with van der Waals surface area (Å²) in [5.74, 6) is -1.15. The third kappa shape index (κ3) is 4.77. The van der Waals surface area contributed by atoms with E-state index in [9.17, 15) is 17.6 Å². The number of benzene rings is 1. The highest BCUT2D eigenvalue weighted by atomic mass is 32.2. The summed E-state index contributed by atoms with van der Waals surface area (Å²) in [6, 6.07) is 6.79. The van der Waals surface area contributed by atoms with Crippen molar-refractivity contribution >= 4 is 27.4 Å². The number of hydrogen-bond donors (Lipinski definition) is 1. The first kappa shape index (κ1) is 22.1. The van der Waals surface area contributed by atoms with Gasteiger partial charge in [0.2, 0.25) is 10.0 Å². The fourth-order valence-electron chi connectivity index (χ4n) is 3.20. The van der Waals surface area contributed by atoms with Crippen LogP contribution in [0.4, 0.5) is 15.9 Å². The standard InChI is InChI=1S/C20H25FN4O4S/c1-3-25(4-2)30(27,28)18-13-15(5-7-17(18)21)20(26)23-19-8-6-16(14-22-19)24-9-11-29-12-10-24/h5-8,13-14H,3-4,9-12H2,1-2H3,(H,22,23,26). The molecule has 0 spiro atoms. The zero-order chi connectivity index (χ0) is 21.7. The Morgan fingerprint density at radius 3 is 2.50 bits per heavy atom. The molecule has 0 bridgehead atoms. The number of sulfonamides is 1. The van der Waals surface area contributed by atoms with E-state index in [2.05, 4.69) is 15.2 Å². The van der Waals surface area contributed by atoms with E-state index in [4.69, 9.17) is 4.74 Å². The number of pyridine rings is 1. The Morgan fingerprint density at radius 1 is 1.20 bits per heavy atom. The van der Waals surface area contributed by atoms with Gasteiger partial charge in [0.25, 0.3) is 5.91 Å². The molecule has 1 amide bonds. The summed E-state index contributed by atoms with van der Waals surface area (Å²) in [7, 11) is -4.03. The molecule has 162 valence electrons. The molecule has 0 aliphatic carbocycles. The van der Waals surface area contributed by atoms with Crippen LogP contribution >= 0.6 is 0 Å². The zero-order valence-corrected chi connectivity index (χ0v) is 17.8. The third-order valence-electron chi connectivity index (χ3n) is 4.88. The normalized spacial score (nSPS) is 14.7. The molecule has 2 heterocycles. The van der Waals surface area contributed by atoms with E-state index < -0.39 is 26.6 Å². The Hall–Kier alpha value is -2.56. The summed E-state index contributed by atoms with van der Waals surface area (Å²) in [5, 5.41) is 2.62. The van der Waals surface area contributed by atoms with Crippen molar-refractivity contribution in [3.8, 4) is 0 Å². The van der Waals surface area contributed by atoms with Crippen LogP contribution in [0, 0.1) is 5.82 Å². The van der Waals surface area contributed by atoms with Gasteiger partial charge in [0.15, 0.2) is 0 Å². The molecule has 8 nitrogen and oxygen atoms in total. The van der Waals surface area contributed by atoms with Crippen molar-refractivity contribution in [3.05, 3.63) is 47.9 Å². The van der Waals surface area contributed by atoms with Gasteiger partial charge in [0, 0.05) is 31.7 Å². The van der Waals surface area contributed by atoms with Crippen molar-refractivity contribution in [1.82, 2.24) is 9.29 Å². The number of hydrogen-bond acceptors (Lipinski definition) is 6. The summed E-state index contributed by atoms with van der Waals surface area (Å²) >= 11 is 0. The van der Waals surface area contributed by atoms with Crippen LogP contribution in [0.5, 0.6) is 0 Å². The fraction of sp³-hybridized carbons (Fsp3) is 0.400. The van der Waals surface area contributed by atoms with E-state index in [0.29, 0.717) is 19.0 Å². The van der Waals surface area contributed by atoms with Gasteiger partial charge < -0.3 is 15.0 Å². The lowest BCUT2D eigenvalue weighted by atomic mass is 10.2. The van der Waals surface area contributed by atoms with Gasteiger partial charge in [-0.15, -0.1) is 0 Å². The SMILES string of the molecule is CCN(CC)S(=O)(=O)c1cc(C(=O)Nc2ccc(N3CCOCC3)cn2)ccc1F. The molecule has 1 aliphatic rings. The van der Waals surface area contributed by atoms with Gasteiger partial charge in [0.05, 0.1) is 25.1 Å². The number of anilines is 2. The molecule has 1 aromatic carbocycles. The Labute approximate surface area is 175 Å². The molecule has 3 rings (SSSR count). The number of carbonyl (C=O) groups excluding carboxylic acids is 1. The number of nitrogens with one attached hydrogen (secondary N) is 1. The van der Waals surface area contributed by atoms with Crippen molar-refractivity contribution < 1.29 is 22.3 Å². The minimum absolute atomic E-state index is 0.0289. The largest absolute Gasteiger partial charge is 0.378 e. The Bertz CT molecular complexity index is 988. The number of aromatic nitrogens is 1. The number of amides is 1. The van der Waals surface area contributed by atoms with Crippen LogP contribution in [0.1, 0.15) is 24.2 Å². The predicted molar refractivity (Wildman–Crippen MR) is 112 cm³/mol. The van der Waals surface area contributed by atoms with Gasteiger partial charge >= 0.3 is 0 Å². The first-order chi connectivity index (χ1) is 14.4. The molecule has 1 aliphatic heterocycles. The quantitative estimate of drug-likeness (QED) is 0.716. The van der Waals surface area contributed by atoms with Crippen LogP contribution in [-0.4, -0.2) is 63.0 Å². The molecular formula is C20H25FN4O4S. The average molecular weight is 437 g/mol. The van der Waals surface area contributed by atoms with Crippen molar-refractivity contribution in [1.29, 1.82) is 0 Å². The van der Waals surface area contributed by atoms with E-state index >= 15 is 0 Å². The van der Waals surface area contributed by atoms with Gasteiger partial charge in [-0.2, -0.15) is 4.31 Å². The number of rotatable bonds is 7. The monoisotopic (exact) mass is 436 g/mol. The van der Waals surface area contributed by atoms with Crippen LogP contribution in [0.2, 0.25) is 0 Å². The number of morpholine rings is 1. The molecule has 1 fully saturated rings. The first-order valence-corrected chi connectivity index (χ1v) is 11.2. The predicted octanol–water partition coefficient (Wildman–Crippen LogP) is 2.34. The first-order valence-electron chi connectivity index (χ1n) is 9.76. The van der Waals surface area contributed by atoms with E-state index in [1.54, 1.807) is 26.1 Å². The maximum Gasteiger partial charge on any atom is 0.256 e.